The van der Waals surface area contributed by atoms with Crippen LogP contribution < -0.4 is 10.1 Å². The average molecular weight is 353 g/mol. The van der Waals surface area contributed by atoms with Gasteiger partial charge in [-0.05, 0) is 44.5 Å². The normalized spacial score (nSPS) is 17.2. The van der Waals surface area contributed by atoms with Crippen LogP contribution in [0.1, 0.15) is 49.7 Å². The lowest BCUT2D eigenvalue weighted by molar-refractivity contribution is -0.119. The number of hydrogen-bond acceptors (Lipinski definition) is 4. The van der Waals surface area contributed by atoms with E-state index in [1.165, 1.54) is 18.9 Å². The van der Waals surface area contributed by atoms with Crippen LogP contribution in [0.3, 0.4) is 0 Å². The lowest BCUT2D eigenvalue weighted by Crippen LogP contribution is -2.25. The Hall–Kier alpha value is -2.40. The summed E-state index contributed by atoms with van der Waals surface area (Å²) in [6.45, 7) is 6.61. The molecule has 1 saturated heterocycles. The van der Waals surface area contributed by atoms with Gasteiger partial charge in [-0.15, -0.1) is 0 Å². The third-order valence-corrected chi connectivity index (χ3v) is 4.70. The number of benzene rings is 1. The number of rotatable bonds is 7. The van der Waals surface area contributed by atoms with Gasteiger partial charge in [-0.25, -0.2) is 0 Å². The molecule has 1 aromatic carbocycles. The number of carbonyl (C=O) groups is 1. The zero-order valence-electron chi connectivity index (χ0n) is 15.6. The van der Waals surface area contributed by atoms with Gasteiger partial charge in [0.25, 0.3) is 0 Å². The molecule has 1 amide bonds. The van der Waals surface area contributed by atoms with Crippen LogP contribution in [0.15, 0.2) is 42.5 Å². The Kier molecular flexibility index (Phi) is 6.23. The number of likely N-dealkylation sites (tertiary alicyclic amines) is 1. The zero-order valence-corrected chi connectivity index (χ0v) is 15.6. The number of amides is 1. The minimum atomic E-state index is -0.0350. The molecular weight excluding hydrogens is 326 g/mol. The summed E-state index contributed by atoms with van der Waals surface area (Å²) < 4.78 is 5.78. The predicted octanol–water partition coefficient (Wildman–Crippen LogP) is 3.45. The number of hydrogen-bond donors (Lipinski definition) is 1. The molecule has 2 aromatic rings. The molecule has 2 heterocycles. The molecule has 1 aromatic heterocycles. The Morgan fingerprint density at radius 2 is 2.12 bits per heavy atom. The molecule has 3 rings (SSSR count). The molecule has 5 nitrogen and oxygen atoms in total. The van der Waals surface area contributed by atoms with E-state index in [-0.39, 0.29) is 5.91 Å². The van der Waals surface area contributed by atoms with Crippen molar-refractivity contribution in [3.05, 3.63) is 59.4 Å². The molecule has 138 valence electrons. The summed E-state index contributed by atoms with van der Waals surface area (Å²) in [6.07, 6.45) is 2.27. The lowest BCUT2D eigenvalue weighted by atomic mass is 10.1. The summed E-state index contributed by atoms with van der Waals surface area (Å²) in [7, 11) is 0. The Labute approximate surface area is 155 Å². The topological polar surface area (TPSA) is 54.5 Å². The van der Waals surface area contributed by atoms with Crippen LogP contribution in [0.25, 0.3) is 0 Å². The summed E-state index contributed by atoms with van der Waals surface area (Å²) in [5.41, 5.74) is 3.20. The summed E-state index contributed by atoms with van der Waals surface area (Å²) >= 11 is 0. The second-order valence-corrected chi connectivity index (χ2v) is 6.63. The van der Waals surface area contributed by atoms with E-state index in [9.17, 15) is 4.79 Å². The summed E-state index contributed by atoms with van der Waals surface area (Å²) in [5.74, 6) is 0.931. The minimum Gasteiger partial charge on any atom is -0.494 e. The van der Waals surface area contributed by atoms with E-state index < -0.39 is 0 Å². The Balaban J connectivity index is 1.74. The number of ether oxygens (including phenoxy) is 1. The quantitative estimate of drug-likeness (QED) is 0.828. The van der Waals surface area contributed by atoms with E-state index in [4.69, 9.17) is 9.72 Å². The Bertz CT molecular complexity index is 748. The largest absolute Gasteiger partial charge is 0.494 e. The number of carbonyl (C=O) groups excluding carboxylic acids is 1. The van der Waals surface area contributed by atoms with Gasteiger partial charge in [0.2, 0.25) is 5.91 Å². The monoisotopic (exact) mass is 353 g/mol. The number of pyridine rings is 1. The van der Waals surface area contributed by atoms with E-state index in [0.29, 0.717) is 19.2 Å². The summed E-state index contributed by atoms with van der Waals surface area (Å²) in [6, 6.07) is 14.7. The Morgan fingerprint density at radius 3 is 2.92 bits per heavy atom. The van der Waals surface area contributed by atoms with Crippen LogP contribution >= 0.6 is 0 Å². The van der Waals surface area contributed by atoms with Crippen molar-refractivity contribution in [2.75, 3.05) is 13.2 Å². The first-order valence-electron chi connectivity index (χ1n) is 9.32. The molecule has 0 bridgehead atoms. The fraction of sp³-hybridized carbons (Fsp3) is 0.429. The van der Waals surface area contributed by atoms with Crippen LogP contribution in [0.5, 0.6) is 5.75 Å². The number of para-hydroxylation sites is 1. The second kappa shape index (κ2) is 8.81. The van der Waals surface area contributed by atoms with Gasteiger partial charge in [0.1, 0.15) is 5.75 Å². The molecule has 0 radical (unpaired) electrons. The molecular formula is C21H27N3O2. The highest BCUT2D eigenvalue weighted by molar-refractivity contribution is 5.72. The molecule has 0 unspecified atom stereocenters. The summed E-state index contributed by atoms with van der Waals surface area (Å²) in [5, 5.41) is 2.82. The maximum absolute atomic E-state index is 11.1. The maximum Gasteiger partial charge on any atom is 0.217 e. The van der Waals surface area contributed by atoms with E-state index in [1.54, 1.807) is 0 Å². The van der Waals surface area contributed by atoms with Gasteiger partial charge in [0.15, 0.2) is 0 Å². The smallest absolute Gasteiger partial charge is 0.217 e. The molecule has 1 fully saturated rings. The van der Waals surface area contributed by atoms with Gasteiger partial charge in [-0.3, -0.25) is 14.7 Å². The minimum absolute atomic E-state index is 0.0350. The van der Waals surface area contributed by atoms with Crippen molar-refractivity contribution in [1.82, 2.24) is 15.2 Å². The maximum atomic E-state index is 11.1. The van der Waals surface area contributed by atoms with Crippen molar-refractivity contribution in [2.45, 2.75) is 45.8 Å². The Morgan fingerprint density at radius 1 is 1.27 bits per heavy atom. The van der Waals surface area contributed by atoms with E-state index in [1.807, 2.05) is 31.2 Å². The first-order valence-corrected chi connectivity index (χ1v) is 9.32. The molecule has 0 spiro atoms. The van der Waals surface area contributed by atoms with Crippen molar-refractivity contribution >= 4 is 5.91 Å². The van der Waals surface area contributed by atoms with Gasteiger partial charge < -0.3 is 10.1 Å². The number of aromatic nitrogens is 1. The zero-order chi connectivity index (χ0) is 18.4. The molecule has 0 saturated carbocycles. The second-order valence-electron chi connectivity index (χ2n) is 6.63. The highest BCUT2D eigenvalue weighted by Gasteiger charge is 2.27. The van der Waals surface area contributed by atoms with Crippen molar-refractivity contribution in [1.29, 1.82) is 0 Å². The molecule has 1 N–H and O–H groups in total. The molecule has 1 atom stereocenters. The molecule has 5 heteroatoms. The van der Waals surface area contributed by atoms with Crippen molar-refractivity contribution in [3.63, 3.8) is 0 Å². The average Bonchev–Trinajstić information content (AvgIpc) is 3.10. The fourth-order valence-corrected chi connectivity index (χ4v) is 3.50. The van der Waals surface area contributed by atoms with Crippen LogP contribution in [-0.4, -0.2) is 28.9 Å². The van der Waals surface area contributed by atoms with Gasteiger partial charge >= 0.3 is 0 Å². The predicted molar refractivity (Wildman–Crippen MR) is 102 cm³/mol. The van der Waals surface area contributed by atoms with Gasteiger partial charge in [0, 0.05) is 19.0 Å². The SMILES string of the molecule is CCOc1ccccc1CN1CCC[C@@H]1c1cccc(CNC(C)=O)n1. The van der Waals surface area contributed by atoms with E-state index in [0.717, 1.165) is 36.6 Å². The van der Waals surface area contributed by atoms with Crippen LogP contribution in [0, 0.1) is 0 Å². The summed E-state index contributed by atoms with van der Waals surface area (Å²) in [4.78, 5) is 18.4. The van der Waals surface area contributed by atoms with Crippen molar-refractivity contribution < 1.29 is 9.53 Å². The van der Waals surface area contributed by atoms with Gasteiger partial charge in [0.05, 0.1) is 30.6 Å². The fourth-order valence-electron chi connectivity index (χ4n) is 3.50. The molecule has 1 aliphatic rings. The van der Waals surface area contributed by atoms with Crippen molar-refractivity contribution in [3.8, 4) is 5.75 Å². The molecule has 1 aliphatic heterocycles. The first-order chi connectivity index (χ1) is 12.7. The number of nitrogens with zero attached hydrogens (tertiary/aromatic N) is 2. The molecule has 0 aliphatic carbocycles. The third-order valence-electron chi connectivity index (χ3n) is 4.70. The van der Waals surface area contributed by atoms with E-state index >= 15 is 0 Å². The number of nitrogens with one attached hydrogen (secondary N) is 1. The van der Waals surface area contributed by atoms with E-state index in [2.05, 4.69) is 28.4 Å². The highest BCUT2D eigenvalue weighted by atomic mass is 16.5. The van der Waals surface area contributed by atoms with Crippen LogP contribution in [0.4, 0.5) is 0 Å². The van der Waals surface area contributed by atoms with Crippen LogP contribution in [0.2, 0.25) is 0 Å². The van der Waals surface area contributed by atoms with Crippen LogP contribution in [-0.2, 0) is 17.9 Å². The third kappa shape index (κ3) is 4.61. The highest BCUT2D eigenvalue weighted by Crippen LogP contribution is 2.33. The standard InChI is InChI=1S/C21H27N3O2/c1-3-26-21-12-5-4-8-17(21)15-24-13-7-11-20(24)19-10-6-9-18(23-19)14-22-16(2)25/h4-6,8-10,12,20H,3,7,11,13-15H2,1-2H3,(H,22,25)/t20-/m1/s1. The van der Waals surface area contributed by atoms with Gasteiger partial charge in [-0.1, -0.05) is 24.3 Å². The lowest BCUT2D eigenvalue weighted by Gasteiger charge is -2.25. The van der Waals surface area contributed by atoms with Crippen molar-refractivity contribution in [2.24, 2.45) is 0 Å². The first kappa shape index (κ1) is 18.4. The van der Waals surface area contributed by atoms with Gasteiger partial charge in [-0.2, -0.15) is 0 Å². The molecule has 26 heavy (non-hydrogen) atoms.